The third-order valence-electron chi connectivity index (χ3n) is 2.23. The second-order valence-electron chi connectivity index (χ2n) is 3.09. The van der Waals surface area contributed by atoms with Crippen LogP contribution in [0.25, 0.3) is 0 Å². The summed E-state index contributed by atoms with van der Waals surface area (Å²) < 4.78 is 0. The van der Waals surface area contributed by atoms with Crippen LogP contribution >= 0.6 is 0 Å². The Morgan fingerprint density at radius 3 is 2.55 bits per heavy atom. The SMILES string of the molecule is CN1CCC(N(N)C=O)CC1. The van der Waals surface area contributed by atoms with Crippen molar-refractivity contribution in [2.75, 3.05) is 20.1 Å². The van der Waals surface area contributed by atoms with Gasteiger partial charge in [0.05, 0.1) is 6.04 Å². The summed E-state index contributed by atoms with van der Waals surface area (Å²) in [5.41, 5.74) is 0. The molecule has 1 fully saturated rings. The molecule has 1 heterocycles. The highest BCUT2D eigenvalue weighted by molar-refractivity contribution is 5.46. The highest BCUT2D eigenvalue weighted by Gasteiger charge is 2.19. The number of carbonyl (C=O) groups excluding carboxylic acids is 1. The highest BCUT2D eigenvalue weighted by atomic mass is 16.1. The van der Waals surface area contributed by atoms with Crippen LogP contribution in [0.2, 0.25) is 0 Å². The summed E-state index contributed by atoms with van der Waals surface area (Å²) in [5.74, 6) is 5.44. The summed E-state index contributed by atoms with van der Waals surface area (Å²) >= 11 is 0. The van der Waals surface area contributed by atoms with Crippen LogP contribution in [0, 0.1) is 0 Å². The van der Waals surface area contributed by atoms with Crippen molar-refractivity contribution in [2.45, 2.75) is 18.9 Å². The van der Waals surface area contributed by atoms with Gasteiger partial charge in [-0.15, -0.1) is 0 Å². The molecule has 1 saturated heterocycles. The van der Waals surface area contributed by atoms with Gasteiger partial charge in [-0.05, 0) is 33.0 Å². The van der Waals surface area contributed by atoms with Crippen LogP contribution in [0.1, 0.15) is 12.8 Å². The van der Waals surface area contributed by atoms with E-state index in [-0.39, 0.29) is 6.04 Å². The molecule has 0 aromatic heterocycles. The Kier molecular flexibility index (Phi) is 2.84. The topological polar surface area (TPSA) is 49.6 Å². The molecule has 0 saturated carbocycles. The van der Waals surface area contributed by atoms with Gasteiger partial charge in [0.2, 0.25) is 6.41 Å². The Hall–Kier alpha value is -0.610. The zero-order valence-electron chi connectivity index (χ0n) is 6.86. The van der Waals surface area contributed by atoms with Gasteiger partial charge < -0.3 is 4.90 Å². The van der Waals surface area contributed by atoms with E-state index in [9.17, 15) is 4.79 Å². The van der Waals surface area contributed by atoms with E-state index >= 15 is 0 Å². The van der Waals surface area contributed by atoms with Crippen molar-refractivity contribution >= 4 is 6.41 Å². The predicted octanol–water partition coefficient (Wildman–Crippen LogP) is -0.587. The summed E-state index contributed by atoms with van der Waals surface area (Å²) in [4.78, 5) is 12.5. The van der Waals surface area contributed by atoms with Gasteiger partial charge in [0, 0.05) is 0 Å². The number of rotatable bonds is 2. The molecule has 0 atom stereocenters. The molecule has 1 aliphatic heterocycles. The summed E-state index contributed by atoms with van der Waals surface area (Å²) in [6, 6.07) is 0.253. The lowest BCUT2D eigenvalue weighted by molar-refractivity contribution is -0.121. The zero-order chi connectivity index (χ0) is 8.27. The van der Waals surface area contributed by atoms with Gasteiger partial charge in [0.15, 0.2) is 0 Å². The molecule has 1 amide bonds. The van der Waals surface area contributed by atoms with E-state index in [0.717, 1.165) is 25.9 Å². The molecule has 0 aromatic carbocycles. The molecule has 4 nitrogen and oxygen atoms in total. The monoisotopic (exact) mass is 157 g/mol. The fourth-order valence-corrected chi connectivity index (χ4v) is 1.38. The highest BCUT2D eigenvalue weighted by Crippen LogP contribution is 2.10. The van der Waals surface area contributed by atoms with Gasteiger partial charge in [0.1, 0.15) is 0 Å². The van der Waals surface area contributed by atoms with Crippen molar-refractivity contribution < 1.29 is 4.79 Å². The zero-order valence-corrected chi connectivity index (χ0v) is 6.86. The van der Waals surface area contributed by atoms with Crippen molar-refractivity contribution in [3.05, 3.63) is 0 Å². The van der Waals surface area contributed by atoms with Gasteiger partial charge in [-0.1, -0.05) is 0 Å². The molecule has 0 spiro atoms. The maximum absolute atomic E-state index is 10.3. The van der Waals surface area contributed by atoms with Gasteiger partial charge in [0.25, 0.3) is 0 Å². The van der Waals surface area contributed by atoms with Crippen LogP contribution in [-0.4, -0.2) is 42.5 Å². The molecule has 0 bridgehead atoms. The molecule has 11 heavy (non-hydrogen) atoms. The molecular weight excluding hydrogens is 142 g/mol. The maximum Gasteiger partial charge on any atom is 0.223 e. The minimum absolute atomic E-state index is 0.253. The molecule has 0 aliphatic carbocycles. The van der Waals surface area contributed by atoms with Crippen LogP contribution in [-0.2, 0) is 4.79 Å². The number of hydrogen-bond donors (Lipinski definition) is 1. The second kappa shape index (κ2) is 3.69. The number of carbonyl (C=O) groups is 1. The van der Waals surface area contributed by atoms with Crippen LogP contribution in [0.4, 0.5) is 0 Å². The van der Waals surface area contributed by atoms with E-state index < -0.39 is 0 Å². The molecular formula is C7H15N3O. The van der Waals surface area contributed by atoms with Gasteiger partial charge in [-0.3, -0.25) is 9.80 Å². The van der Waals surface area contributed by atoms with Crippen molar-refractivity contribution in [3.63, 3.8) is 0 Å². The number of piperidine rings is 1. The van der Waals surface area contributed by atoms with Gasteiger partial charge in [-0.2, -0.15) is 0 Å². The fraction of sp³-hybridized carbons (Fsp3) is 0.857. The van der Waals surface area contributed by atoms with E-state index in [2.05, 4.69) is 11.9 Å². The summed E-state index contributed by atoms with van der Waals surface area (Å²) in [5, 5.41) is 1.28. The standard InChI is InChI=1S/C7H15N3O/c1-9-4-2-7(3-5-9)10(8)6-11/h6-7H,2-5,8H2,1H3. The fourth-order valence-electron chi connectivity index (χ4n) is 1.38. The molecule has 0 unspecified atom stereocenters. The minimum Gasteiger partial charge on any atom is -0.306 e. The van der Waals surface area contributed by atoms with Gasteiger partial charge in [-0.25, -0.2) is 5.84 Å². The number of nitrogens with zero attached hydrogens (tertiary/aromatic N) is 2. The number of hydrazine groups is 1. The lowest BCUT2D eigenvalue weighted by Crippen LogP contribution is -2.46. The van der Waals surface area contributed by atoms with E-state index in [0.29, 0.717) is 6.41 Å². The lowest BCUT2D eigenvalue weighted by atomic mass is 10.1. The Morgan fingerprint density at radius 1 is 1.55 bits per heavy atom. The number of hydrogen-bond acceptors (Lipinski definition) is 3. The van der Waals surface area contributed by atoms with Crippen molar-refractivity contribution in [2.24, 2.45) is 5.84 Å². The molecule has 1 rings (SSSR count). The number of likely N-dealkylation sites (tertiary alicyclic amines) is 1. The van der Waals surface area contributed by atoms with Crippen LogP contribution in [0.3, 0.4) is 0 Å². The largest absolute Gasteiger partial charge is 0.306 e. The average molecular weight is 157 g/mol. The Balaban J connectivity index is 2.32. The van der Waals surface area contributed by atoms with Crippen molar-refractivity contribution in [1.29, 1.82) is 0 Å². The van der Waals surface area contributed by atoms with E-state index in [1.165, 1.54) is 5.01 Å². The molecule has 1 aliphatic rings. The van der Waals surface area contributed by atoms with Gasteiger partial charge >= 0.3 is 0 Å². The summed E-state index contributed by atoms with van der Waals surface area (Å²) in [6.45, 7) is 2.07. The van der Waals surface area contributed by atoms with E-state index in [4.69, 9.17) is 5.84 Å². The molecule has 4 heteroatoms. The Morgan fingerprint density at radius 2 is 2.09 bits per heavy atom. The summed E-state index contributed by atoms with van der Waals surface area (Å²) in [7, 11) is 2.08. The predicted molar refractivity (Wildman–Crippen MR) is 42.6 cm³/mol. The van der Waals surface area contributed by atoms with Crippen molar-refractivity contribution in [3.8, 4) is 0 Å². The smallest absolute Gasteiger partial charge is 0.223 e. The Bertz CT molecular complexity index is 132. The first-order valence-electron chi connectivity index (χ1n) is 3.91. The molecule has 2 N–H and O–H groups in total. The van der Waals surface area contributed by atoms with E-state index in [1.54, 1.807) is 0 Å². The molecule has 0 aromatic rings. The van der Waals surface area contributed by atoms with E-state index in [1.807, 2.05) is 0 Å². The van der Waals surface area contributed by atoms with Crippen LogP contribution in [0.15, 0.2) is 0 Å². The average Bonchev–Trinajstić information content (AvgIpc) is 2.05. The lowest BCUT2D eigenvalue weighted by Gasteiger charge is -2.32. The quantitative estimate of drug-likeness (QED) is 0.252. The Labute approximate surface area is 66.9 Å². The number of amides is 1. The third kappa shape index (κ3) is 2.17. The normalized spacial score (nSPS) is 21.6. The molecule has 0 radical (unpaired) electrons. The first-order chi connectivity index (χ1) is 5.24. The van der Waals surface area contributed by atoms with Crippen LogP contribution in [0.5, 0.6) is 0 Å². The van der Waals surface area contributed by atoms with Crippen LogP contribution < -0.4 is 5.84 Å². The van der Waals surface area contributed by atoms with Crippen molar-refractivity contribution in [1.82, 2.24) is 9.91 Å². The third-order valence-corrected chi connectivity index (χ3v) is 2.23. The molecule has 64 valence electrons. The number of nitrogens with two attached hydrogens (primary N) is 1. The minimum atomic E-state index is 0.253. The summed E-state index contributed by atoms with van der Waals surface area (Å²) in [6.07, 6.45) is 2.69. The maximum atomic E-state index is 10.3. The second-order valence-corrected chi connectivity index (χ2v) is 3.09. The first kappa shape index (κ1) is 8.49. The first-order valence-corrected chi connectivity index (χ1v) is 3.91.